The molecule has 0 aliphatic heterocycles. The summed E-state index contributed by atoms with van der Waals surface area (Å²) in [5.41, 5.74) is 0. The number of hydrogen-bond acceptors (Lipinski definition) is 5. The summed E-state index contributed by atoms with van der Waals surface area (Å²) < 4.78 is 34.5. The summed E-state index contributed by atoms with van der Waals surface area (Å²) in [6, 6.07) is 0. The second kappa shape index (κ2) is 10.3. The van der Waals surface area contributed by atoms with E-state index in [1.807, 2.05) is 6.08 Å². The predicted octanol–water partition coefficient (Wildman–Crippen LogP) is 6.38. The Balaban J connectivity index is 5.07. The molecular formula is C18H39O5PSi. The predicted molar refractivity (Wildman–Crippen MR) is 107 cm³/mol. The summed E-state index contributed by atoms with van der Waals surface area (Å²) >= 11 is 0. The molecule has 0 amide bonds. The Morgan fingerprint density at radius 3 is 1.88 bits per heavy atom. The molecular weight excluding hydrogens is 355 g/mol. The van der Waals surface area contributed by atoms with Crippen LogP contribution in [0.15, 0.2) is 12.3 Å². The van der Waals surface area contributed by atoms with Crippen LogP contribution in [-0.2, 0) is 22.6 Å². The molecule has 0 N–H and O–H groups in total. The number of phosphoric acid groups is 1. The third kappa shape index (κ3) is 8.40. The number of phosphoric ester groups is 1. The average molecular weight is 395 g/mol. The van der Waals surface area contributed by atoms with E-state index in [0.29, 0.717) is 5.92 Å². The molecule has 0 spiro atoms. The summed E-state index contributed by atoms with van der Waals surface area (Å²) in [5, 5.41) is 0.152. The van der Waals surface area contributed by atoms with Gasteiger partial charge in [-0.1, -0.05) is 41.5 Å². The van der Waals surface area contributed by atoms with Gasteiger partial charge in [-0.25, -0.2) is 4.57 Å². The van der Waals surface area contributed by atoms with Gasteiger partial charge < -0.3 is 8.95 Å². The lowest BCUT2D eigenvalue weighted by Gasteiger charge is -2.41. The van der Waals surface area contributed by atoms with Gasteiger partial charge in [0.2, 0.25) is 0 Å². The molecule has 0 saturated heterocycles. The maximum absolute atomic E-state index is 12.3. The fourth-order valence-corrected chi connectivity index (χ4v) is 4.69. The van der Waals surface area contributed by atoms with Crippen molar-refractivity contribution in [3.8, 4) is 0 Å². The molecule has 7 heteroatoms. The van der Waals surface area contributed by atoms with Crippen molar-refractivity contribution >= 4 is 16.1 Å². The van der Waals surface area contributed by atoms with E-state index in [2.05, 4.69) is 54.6 Å². The van der Waals surface area contributed by atoms with Gasteiger partial charge >= 0.3 is 7.82 Å². The molecule has 0 aliphatic rings. The highest BCUT2D eigenvalue weighted by atomic mass is 31.2. The van der Waals surface area contributed by atoms with Gasteiger partial charge in [0.15, 0.2) is 8.32 Å². The van der Waals surface area contributed by atoms with Gasteiger partial charge in [0, 0.05) is 5.92 Å². The van der Waals surface area contributed by atoms with Crippen LogP contribution in [0.5, 0.6) is 0 Å². The van der Waals surface area contributed by atoms with E-state index in [1.165, 1.54) is 6.26 Å². The van der Waals surface area contributed by atoms with Crippen molar-refractivity contribution in [2.45, 2.75) is 79.6 Å². The van der Waals surface area contributed by atoms with E-state index in [0.717, 1.165) is 0 Å². The van der Waals surface area contributed by atoms with Crippen LogP contribution < -0.4 is 0 Å². The fourth-order valence-electron chi connectivity index (χ4n) is 2.12. The molecule has 0 unspecified atom stereocenters. The highest BCUT2D eigenvalue weighted by Crippen LogP contribution is 2.49. The second-order valence-corrected chi connectivity index (χ2v) is 14.5. The largest absolute Gasteiger partial charge is 0.529 e. The van der Waals surface area contributed by atoms with Crippen molar-refractivity contribution in [3.63, 3.8) is 0 Å². The Kier molecular flexibility index (Phi) is 10.2. The maximum atomic E-state index is 12.3. The van der Waals surface area contributed by atoms with Crippen molar-refractivity contribution in [1.29, 1.82) is 0 Å². The zero-order valence-electron chi connectivity index (χ0n) is 17.8. The van der Waals surface area contributed by atoms with Gasteiger partial charge in [0.1, 0.15) is 0 Å². The van der Waals surface area contributed by atoms with E-state index in [4.69, 9.17) is 18.0 Å². The average Bonchev–Trinajstić information content (AvgIpc) is 2.43. The van der Waals surface area contributed by atoms with Gasteiger partial charge in [-0.15, -0.1) is 0 Å². The molecule has 0 radical (unpaired) electrons. The van der Waals surface area contributed by atoms with Crippen LogP contribution in [0.25, 0.3) is 0 Å². The van der Waals surface area contributed by atoms with Gasteiger partial charge in [-0.3, -0.25) is 9.05 Å². The summed E-state index contributed by atoms with van der Waals surface area (Å²) in [6.07, 6.45) is 3.38. The quantitative estimate of drug-likeness (QED) is 0.231. The molecule has 0 fully saturated rings. The standard InChI is InChI=1S/C18H39O5PSi/c1-11-20-24(19,21-12-2)22-14-13-16(5)17(15(3)4)23-25(9,10)18(6,7)8/h13-17H,11-12H2,1-10H3/b14-13-/t16-,17+/m0/s1. The van der Waals surface area contributed by atoms with Crippen LogP contribution in [0.3, 0.4) is 0 Å². The molecule has 0 aromatic heterocycles. The van der Waals surface area contributed by atoms with Gasteiger partial charge in [0.05, 0.1) is 25.6 Å². The van der Waals surface area contributed by atoms with E-state index < -0.39 is 16.1 Å². The zero-order valence-corrected chi connectivity index (χ0v) is 19.7. The van der Waals surface area contributed by atoms with Gasteiger partial charge in [0.25, 0.3) is 0 Å². The Labute approximate surface area is 156 Å². The first kappa shape index (κ1) is 24.9. The van der Waals surface area contributed by atoms with Crippen molar-refractivity contribution in [2.24, 2.45) is 11.8 Å². The van der Waals surface area contributed by atoms with Gasteiger partial charge in [-0.05, 0) is 44.0 Å². The highest BCUT2D eigenvalue weighted by Gasteiger charge is 2.40. The van der Waals surface area contributed by atoms with Crippen molar-refractivity contribution in [2.75, 3.05) is 13.2 Å². The maximum Gasteiger partial charge on any atom is 0.529 e. The van der Waals surface area contributed by atoms with E-state index in [1.54, 1.807) is 13.8 Å². The number of hydrogen-bond donors (Lipinski definition) is 0. The number of rotatable bonds is 11. The highest BCUT2D eigenvalue weighted by molar-refractivity contribution is 7.48. The fraction of sp³-hybridized carbons (Fsp3) is 0.889. The van der Waals surface area contributed by atoms with Crippen LogP contribution in [0.2, 0.25) is 18.1 Å². The van der Waals surface area contributed by atoms with Crippen molar-refractivity contribution in [3.05, 3.63) is 12.3 Å². The Bertz CT molecular complexity index is 447. The molecule has 0 bridgehead atoms. The third-order valence-electron chi connectivity index (χ3n) is 4.56. The molecule has 25 heavy (non-hydrogen) atoms. The molecule has 0 saturated carbocycles. The van der Waals surface area contributed by atoms with E-state index in [-0.39, 0.29) is 30.3 Å². The first-order valence-corrected chi connectivity index (χ1v) is 13.6. The summed E-state index contributed by atoms with van der Waals surface area (Å²) in [7, 11) is -5.39. The zero-order chi connectivity index (χ0) is 19.9. The van der Waals surface area contributed by atoms with Crippen LogP contribution >= 0.6 is 7.82 Å². The topological polar surface area (TPSA) is 54.0 Å². The van der Waals surface area contributed by atoms with E-state index >= 15 is 0 Å². The minimum atomic E-state index is -3.52. The van der Waals surface area contributed by atoms with Crippen LogP contribution in [0.1, 0.15) is 55.4 Å². The van der Waals surface area contributed by atoms with Crippen LogP contribution in [-0.4, -0.2) is 27.6 Å². The Morgan fingerprint density at radius 2 is 1.52 bits per heavy atom. The first-order valence-electron chi connectivity index (χ1n) is 9.21. The SMILES string of the molecule is CCOP(=O)(O/C=C\[C@H](C)[C@H](O[Si](C)(C)C(C)(C)C)C(C)C)OCC. The van der Waals surface area contributed by atoms with E-state index in [9.17, 15) is 4.57 Å². The second-order valence-electron chi connectivity index (χ2n) is 8.16. The normalized spacial score (nSPS) is 16.4. The van der Waals surface area contributed by atoms with Crippen LogP contribution in [0, 0.1) is 11.8 Å². The van der Waals surface area contributed by atoms with Gasteiger partial charge in [-0.2, -0.15) is 0 Å². The molecule has 150 valence electrons. The monoisotopic (exact) mass is 394 g/mol. The molecule has 0 aliphatic carbocycles. The minimum absolute atomic E-state index is 0.0688. The Morgan fingerprint density at radius 1 is 1.04 bits per heavy atom. The molecule has 2 atom stereocenters. The van der Waals surface area contributed by atoms with Crippen molar-refractivity contribution in [1.82, 2.24) is 0 Å². The van der Waals surface area contributed by atoms with Crippen molar-refractivity contribution < 1.29 is 22.6 Å². The summed E-state index contributed by atoms with van der Waals surface area (Å²) in [5.74, 6) is 0.477. The lowest BCUT2D eigenvalue weighted by molar-refractivity contribution is 0.0990. The molecule has 5 nitrogen and oxygen atoms in total. The summed E-state index contributed by atoms with van der Waals surface area (Å²) in [4.78, 5) is 0. The lowest BCUT2D eigenvalue weighted by Crippen LogP contribution is -2.46. The van der Waals surface area contributed by atoms with Crippen LogP contribution in [0.4, 0.5) is 0 Å². The molecule has 0 aromatic rings. The molecule has 0 rings (SSSR count). The Hall–Kier alpha value is -0.133. The lowest BCUT2D eigenvalue weighted by atomic mass is 9.95. The summed E-state index contributed by atoms with van der Waals surface area (Å²) in [6.45, 7) is 21.7. The third-order valence-corrected chi connectivity index (χ3v) is 10.6. The minimum Gasteiger partial charge on any atom is -0.413 e. The molecule has 0 heterocycles. The first-order chi connectivity index (χ1) is 11.3. The molecule has 0 aromatic carbocycles. The smallest absolute Gasteiger partial charge is 0.413 e.